The molecule has 1 aliphatic rings. The van der Waals surface area contributed by atoms with Gasteiger partial charge >= 0.3 is 0 Å². The number of likely N-dealkylation sites (tertiary alicyclic amines) is 1. The van der Waals surface area contributed by atoms with Crippen molar-refractivity contribution in [3.8, 4) is 5.88 Å². The molecule has 0 N–H and O–H groups in total. The van der Waals surface area contributed by atoms with Gasteiger partial charge in [0.2, 0.25) is 5.88 Å². The van der Waals surface area contributed by atoms with Crippen molar-refractivity contribution < 1.29 is 4.74 Å². The molecule has 0 aliphatic carbocycles. The average molecular weight is 300 g/mol. The lowest BCUT2D eigenvalue weighted by atomic mass is 10.4. The van der Waals surface area contributed by atoms with Crippen molar-refractivity contribution in [1.82, 2.24) is 14.9 Å². The first-order chi connectivity index (χ1) is 8.28. The second-order valence-corrected chi connectivity index (χ2v) is 5.01. The van der Waals surface area contributed by atoms with Crippen LogP contribution in [0.5, 0.6) is 5.88 Å². The molecule has 0 spiro atoms. The highest BCUT2D eigenvalue weighted by Gasteiger charge is 2.11. The zero-order valence-corrected chi connectivity index (χ0v) is 11.7. The van der Waals surface area contributed by atoms with Gasteiger partial charge < -0.3 is 4.74 Å². The molecule has 4 nitrogen and oxygen atoms in total. The van der Waals surface area contributed by atoms with Crippen molar-refractivity contribution in [2.45, 2.75) is 26.2 Å². The fourth-order valence-corrected chi connectivity index (χ4v) is 2.36. The fourth-order valence-electron chi connectivity index (χ4n) is 1.96. The predicted octanol–water partition coefficient (Wildman–Crippen LogP) is 2.28. The smallest absolute Gasteiger partial charge is 0.217 e. The van der Waals surface area contributed by atoms with Crippen LogP contribution in [-0.2, 0) is 6.42 Å². The maximum absolute atomic E-state index is 5.67. The summed E-state index contributed by atoms with van der Waals surface area (Å²) in [5.74, 6) is 1.48. The van der Waals surface area contributed by atoms with Gasteiger partial charge in [-0.15, -0.1) is 0 Å². The van der Waals surface area contributed by atoms with Gasteiger partial charge in [-0.25, -0.2) is 4.98 Å². The Hall–Kier alpha value is -0.680. The van der Waals surface area contributed by atoms with Gasteiger partial charge in [0, 0.05) is 19.0 Å². The van der Waals surface area contributed by atoms with E-state index in [-0.39, 0.29) is 0 Å². The molecule has 1 fully saturated rings. The van der Waals surface area contributed by atoms with E-state index in [0.717, 1.165) is 23.4 Å². The monoisotopic (exact) mass is 299 g/mol. The van der Waals surface area contributed by atoms with Crippen LogP contribution in [0.15, 0.2) is 10.7 Å². The number of ether oxygens (including phenoxy) is 1. The Morgan fingerprint density at radius 3 is 2.82 bits per heavy atom. The van der Waals surface area contributed by atoms with Crippen LogP contribution in [-0.4, -0.2) is 41.1 Å². The molecule has 0 bridgehead atoms. The minimum Gasteiger partial charge on any atom is -0.476 e. The van der Waals surface area contributed by atoms with Crippen molar-refractivity contribution in [2.75, 3.05) is 26.2 Å². The molecule has 0 unspecified atom stereocenters. The van der Waals surface area contributed by atoms with Crippen LogP contribution in [0.4, 0.5) is 0 Å². The Labute approximate surface area is 111 Å². The molecule has 0 atom stereocenters. The molecular formula is C12H18BrN3O. The van der Waals surface area contributed by atoms with E-state index in [9.17, 15) is 0 Å². The molecular weight excluding hydrogens is 282 g/mol. The van der Waals surface area contributed by atoms with Crippen molar-refractivity contribution in [3.63, 3.8) is 0 Å². The van der Waals surface area contributed by atoms with E-state index in [1.165, 1.54) is 25.9 Å². The quantitative estimate of drug-likeness (QED) is 0.782. The number of nitrogens with zero attached hydrogens (tertiary/aromatic N) is 3. The van der Waals surface area contributed by atoms with E-state index in [1.54, 1.807) is 0 Å². The Bertz CT molecular complexity index is 367. The molecule has 2 heterocycles. The highest BCUT2D eigenvalue weighted by molar-refractivity contribution is 9.10. The third-order valence-electron chi connectivity index (χ3n) is 2.89. The van der Waals surface area contributed by atoms with Crippen LogP contribution in [0.3, 0.4) is 0 Å². The normalized spacial score (nSPS) is 16.4. The molecule has 0 radical (unpaired) electrons. The van der Waals surface area contributed by atoms with E-state index in [1.807, 2.05) is 13.0 Å². The Kier molecular flexibility index (Phi) is 4.74. The Balaban J connectivity index is 1.83. The summed E-state index contributed by atoms with van der Waals surface area (Å²) in [4.78, 5) is 11.0. The fraction of sp³-hybridized carbons (Fsp3) is 0.667. The lowest BCUT2D eigenvalue weighted by Crippen LogP contribution is -2.25. The minimum atomic E-state index is 0.669. The zero-order valence-electron chi connectivity index (χ0n) is 10.2. The molecule has 2 rings (SSSR count). The number of aryl methyl sites for hydroxylation is 1. The molecule has 1 aliphatic heterocycles. The number of hydrogen-bond acceptors (Lipinski definition) is 4. The van der Waals surface area contributed by atoms with Gasteiger partial charge in [0.05, 0.1) is 0 Å². The number of hydrogen-bond donors (Lipinski definition) is 0. The van der Waals surface area contributed by atoms with E-state index >= 15 is 0 Å². The van der Waals surface area contributed by atoms with Gasteiger partial charge in [-0.1, -0.05) is 6.92 Å². The second kappa shape index (κ2) is 6.31. The summed E-state index contributed by atoms with van der Waals surface area (Å²) in [6.07, 6.45) is 3.46. The molecule has 0 amide bonds. The summed E-state index contributed by atoms with van der Waals surface area (Å²) in [6.45, 7) is 6.14. The van der Waals surface area contributed by atoms with Crippen molar-refractivity contribution >= 4 is 15.9 Å². The van der Waals surface area contributed by atoms with Gasteiger partial charge in [-0.05, 0) is 41.9 Å². The lowest BCUT2D eigenvalue weighted by Gasteiger charge is -2.14. The summed E-state index contributed by atoms with van der Waals surface area (Å²) in [5, 5.41) is 0. The maximum Gasteiger partial charge on any atom is 0.217 e. The largest absolute Gasteiger partial charge is 0.476 e. The van der Waals surface area contributed by atoms with E-state index in [2.05, 4.69) is 30.8 Å². The summed E-state index contributed by atoms with van der Waals surface area (Å²) < 4.78 is 6.46. The van der Waals surface area contributed by atoms with Crippen LogP contribution in [0.25, 0.3) is 0 Å². The van der Waals surface area contributed by atoms with Gasteiger partial charge in [0.15, 0.2) is 0 Å². The highest BCUT2D eigenvalue weighted by atomic mass is 79.9. The van der Waals surface area contributed by atoms with Gasteiger partial charge in [0.1, 0.15) is 17.0 Å². The Morgan fingerprint density at radius 2 is 2.12 bits per heavy atom. The SMILES string of the molecule is CCc1nc(Br)cc(OCCN2CCCC2)n1. The summed E-state index contributed by atoms with van der Waals surface area (Å²) in [6, 6.07) is 1.82. The summed E-state index contributed by atoms with van der Waals surface area (Å²) >= 11 is 3.37. The predicted molar refractivity (Wildman–Crippen MR) is 70.3 cm³/mol. The molecule has 0 saturated carbocycles. The number of aromatic nitrogens is 2. The Morgan fingerprint density at radius 1 is 1.35 bits per heavy atom. The van der Waals surface area contributed by atoms with Crippen LogP contribution in [0, 0.1) is 0 Å². The van der Waals surface area contributed by atoms with Crippen molar-refractivity contribution in [2.24, 2.45) is 0 Å². The second-order valence-electron chi connectivity index (χ2n) is 4.20. The molecule has 17 heavy (non-hydrogen) atoms. The first-order valence-corrected chi connectivity index (χ1v) is 6.96. The third kappa shape index (κ3) is 3.92. The van der Waals surface area contributed by atoms with Crippen LogP contribution >= 0.6 is 15.9 Å². The van der Waals surface area contributed by atoms with Gasteiger partial charge in [0.25, 0.3) is 0 Å². The van der Waals surface area contributed by atoms with Crippen molar-refractivity contribution in [1.29, 1.82) is 0 Å². The highest BCUT2D eigenvalue weighted by Crippen LogP contribution is 2.15. The standard InChI is InChI=1S/C12H18BrN3O/c1-2-11-14-10(13)9-12(15-11)17-8-7-16-5-3-4-6-16/h9H,2-8H2,1H3. The van der Waals surface area contributed by atoms with Gasteiger partial charge in [-0.3, -0.25) is 4.90 Å². The lowest BCUT2D eigenvalue weighted by molar-refractivity contribution is 0.231. The molecule has 1 aromatic heterocycles. The minimum absolute atomic E-state index is 0.669. The van der Waals surface area contributed by atoms with E-state index in [4.69, 9.17) is 4.74 Å². The first-order valence-electron chi connectivity index (χ1n) is 6.16. The number of halogens is 1. The molecule has 5 heteroatoms. The van der Waals surface area contributed by atoms with Crippen LogP contribution in [0.2, 0.25) is 0 Å². The van der Waals surface area contributed by atoms with E-state index < -0.39 is 0 Å². The molecule has 94 valence electrons. The average Bonchev–Trinajstić information content (AvgIpc) is 2.81. The summed E-state index contributed by atoms with van der Waals surface area (Å²) in [7, 11) is 0. The zero-order chi connectivity index (χ0) is 12.1. The van der Waals surface area contributed by atoms with Crippen LogP contribution < -0.4 is 4.74 Å². The summed E-state index contributed by atoms with van der Waals surface area (Å²) in [5.41, 5.74) is 0. The van der Waals surface area contributed by atoms with Gasteiger partial charge in [-0.2, -0.15) is 4.98 Å². The van der Waals surface area contributed by atoms with E-state index in [0.29, 0.717) is 12.5 Å². The third-order valence-corrected chi connectivity index (χ3v) is 3.30. The number of rotatable bonds is 5. The van der Waals surface area contributed by atoms with Crippen molar-refractivity contribution in [3.05, 3.63) is 16.5 Å². The molecule has 1 saturated heterocycles. The van der Waals surface area contributed by atoms with Crippen LogP contribution in [0.1, 0.15) is 25.6 Å². The first kappa shape index (κ1) is 12.8. The topological polar surface area (TPSA) is 38.2 Å². The maximum atomic E-state index is 5.67. The molecule has 0 aromatic carbocycles. The molecule has 1 aromatic rings.